The van der Waals surface area contributed by atoms with Gasteiger partial charge in [0.1, 0.15) is 23.9 Å². The molecular weight excluding hydrogens is 612 g/mol. The van der Waals surface area contributed by atoms with Crippen LogP contribution in [0.2, 0.25) is 0 Å². The predicted octanol–water partition coefficient (Wildman–Crippen LogP) is 6.46. The number of hydrogen-bond donors (Lipinski definition) is 1. The van der Waals surface area contributed by atoms with Gasteiger partial charge in [-0.15, -0.1) is 0 Å². The van der Waals surface area contributed by atoms with Crippen molar-refractivity contribution in [1.82, 2.24) is 0 Å². The molecule has 0 aromatic carbocycles. The van der Waals surface area contributed by atoms with Gasteiger partial charge in [0.2, 0.25) is 0 Å². The molecule has 9 nitrogen and oxygen atoms in total. The van der Waals surface area contributed by atoms with E-state index in [0.29, 0.717) is 36.5 Å². The molecule has 9 heteroatoms. The van der Waals surface area contributed by atoms with Crippen LogP contribution < -0.4 is 0 Å². The Labute approximate surface area is 285 Å². The van der Waals surface area contributed by atoms with Crippen molar-refractivity contribution in [2.45, 2.75) is 161 Å². The smallest absolute Gasteiger partial charge is 0.312 e. The largest absolute Gasteiger partial charge is 0.462 e. The first kappa shape index (κ1) is 34.3. The average Bonchev–Trinajstić information content (AvgIpc) is 3.37. The van der Waals surface area contributed by atoms with E-state index in [0.717, 1.165) is 69.6 Å². The first-order valence-corrected chi connectivity index (χ1v) is 18.9. The molecule has 0 aromatic heterocycles. The molecule has 9 fully saturated rings. The Bertz CT molecular complexity index is 1310. The van der Waals surface area contributed by atoms with Gasteiger partial charge in [0.05, 0.1) is 28.3 Å². The number of rotatable bonds is 11. The van der Waals surface area contributed by atoms with Crippen molar-refractivity contribution >= 4 is 23.9 Å². The summed E-state index contributed by atoms with van der Waals surface area (Å²) in [7, 11) is 0. The summed E-state index contributed by atoms with van der Waals surface area (Å²) in [6, 6.07) is 0. The number of carbonyl (C=O) groups is 4. The number of hydrogen-bond acceptors (Lipinski definition) is 9. The van der Waals surface area contributed by atoms with Crippen molar-refractivity contribution in [2.75, 3.05) is 6.61 Å². The van der Waals surface area contributed by atoms with E-state index in [9.17, 15) is 24.3 Å². The molecule has 1 saturated heterocycles. The van der Waals surface area contributed by atoms with Gasteiger partial charge in [0.15, 0.2) is 0 Å². The highest BCUT2D eigenvalue weighted by Crippen LogP contribution is 2.61. The van der Waals surface area contributed by atoms with Gasteiger partial charge in [-0.25, -0.2) is 0 Å². The predicted molar refractivity (Wildman–Crippen MR) is 175 cm³/mol. The molecule has 1 aliphatic heterocycles. The van der Waals surface area contributed by atoms with Gasteiger partial charge in [0, 0.05) is 6.42 Å². The highest BCUT2D eigenvalue weighted by atomic mass is 16.6. The first-order chi connectivity index (χ1) is 22.4. The lowest BCUT2D eigenvalue weighted by Crippen LogP contribution is -2.61. The third-order valence-electron chi connectivity index (χ3n) is 14.4. The molecule has 0 spiro atoms. The van der Waals surface area contributed by atoms with Crippen LogP contribution in [0.3, 0.4) is 0 Å². The maximum atomic E-state index is 14.4. The molecule has 5 atom stereocenters. The third-order valence-corrected chi connectivity index (χ3v) is 14.4. The molecule has 5 unspecified atom stereocenters. The van der Waals surface area contributed by atoms with Gasteiger partial charge >= 0.3 is 23.9 Å². The second-order valence-electron chi connectivity index (χ2n) is 19.3. The summed E-state index contributed by atoms with van der Waals surface area (Å²) < 4.78 is 24.0. The summed E-state index contributed by atoms with van der Waals surface area (Å²) in [5, 5.41) is 11.3. The van der Waals surface area contributed by atoms with Gasteiger partial charge < -0.3 is 24.1 Å². The highest BCUT2D eigenvalue weighted by Gasteiger charge is 2.61. The second-order valence-corrected chi connectivity index (χ2v) is 19.3. The van der Waals surface area contributed by atoms with Crippen LogP contribution >= 0.6 is 0 Å². The Morgan fingerprint density at radius 1 is 0.792 bits per heavy atom. The lowest BCUT2D eigenvalue weighted by atomic mass is 9.50. The Hall–Kier alpha value is -2.16. The van der Waals surface area contributed by atoms with E-state index < -0.39 is 57.1 Å². The van der Waals surface area contributed by atoms with Crippen molar-refractivity contribution in [2.24, 2.45) is 51.8 Å². The van der Waals surface area contributed by atoms with Gasteiger partial charge in [-0.1, -0.05) is 6.92 Å². The van der Waals surface area contributed by atoms with Gasteiger partial charge in [-0.2, -0.15) is 0 Å². The summed E-state index contributed by atoms with van der Waals surface area (Å²) in [6.45, 7) is 11.3. The third kappa shape index (κ3) is 6.00. The quantitative estimate of drug-likeness (QED) is 0.195. The highest BCUT2D eigenvalue weighted by molar-refractivity contribution is 5.83. The zero-order valence-corrected chi connectivity index (χ0v) is 30.1. The van der Waals surface area contributed by atoms with Crippen molar-refractivity contribution in [3.05, 3.63) is 0 Å². The molecule has 8 saturated carbocycles. The Morgan fingerprint density at radius 3 is 1.90 bits per heavy atom. The molecule has 0 aromatic rings. The standard InChI is InChI=1S/C39H58O9/c1-7-35(4,33(43)47-37(6)27-10-23-8-24(12-27)13-28(37)11-23)21-36(5,32(42)46-29-14-30(40)45-19-29)20-34(2,3)31(41)48-39-17-25-9-26(18-39)16-38(44,15-25)22-39/h23-29,44H,7-22H2,1-6H3. The average molecular weight is 671 g/mol. The van der Waals surface area contributed by atoms with Crippen LogP contribution in [0, 0.1) is 51.8 Å². The van der Waals surface area contributed by atoms with Crippen molar-refractivity contribution < 1.29 is 43.2 Å². The number of carbonyl (C=O) groups excluding carboxylic acids is 4. The minimum atomic E-state index is -1.28. The summed E-state index contributed by atoms with van der Waals surface area (Å²) in [5.74, 6) is 1.28. The maximum Gasteiger partial charge on any atom is 0.312 e. The lowest BCUT2D eigenvalue weighted by molar-refractivity contribution is -0.226. The van der Waals surface area contributed by atoms with E-state index in [1.807, 2.05) is 13.8 Å². The Kier molecular flexibility index (Phi) is 8.17. The van der Waals surface area contributed by atoms with E-state index in [2.05, 4.69) is 6.92 Å². The van der Waals surface area contributed by atoms with Crippen LogP contribution in [0.25, 0.3) is 0 Å². The number of ether oxygens (including phenoxy) is 4. The van der Waals surface area contributed by atoms with Crippen molar-refractivity contribution in [3.63, 3.8) is 0 Å². The van der Waals surface area contributed by atoms with Crippen LogP contribution in [0.4, 0.5) is 0 Å². The molecular formula is C39H58O9. The van der Waals surface area contributed by atoms with Crippen LogP contribution in [0.15, 0.2) is 0 Å². The summed E-state index contributed by atoms with van der Waals surface area (Å²) >= 11 is 0. The first-order valence-electron chi connectivity index (χ1n) is 18.9. The zero-order chi connectivity index (χ0) is 34.5. The minimum absolute atomic E-state index is 0.00391. The number of cyclic esters (lactones) is 1. The Morgan fingerprint density at radius 2 is 1.38 bits per heavy atom. The van der Waals surface area contributed by atoms with Crippen LogP contribution in [-0.4, -0.2) is 58.5 Å². The zero-order valence-electron chi connectivity index (χ0n) is 30.1. The molecule has 9 aliphatic rings. The van der Waals surface area contributed by atoms with Gasteiger partial charge in [-0.05, 0) is 154 Å². The fourth-order valence-corrected chi connectivity index (χ4v) is 12.5. The molecule has 48 heavy (non-hydrogen) atoms. The SMILES string of the molecule is CCC(C)(CC(C)(CC(C)(C)C(=O)OC12CC3CC(CC(O)(C3)C1)C2)C(=O)OC1COC(=O)C1)C(=O)OC1(C)C2CC3CC(C2)CC1C3. The summed E-state index contributed by atoms with van der Waals surface area (Å²) in [6.07, 6.45) is 10.3. The van der Waals surface area contributed by atoms with Crippen LogP contribution in [-0.2, 0) is 38.1 Å². The second kappa shape index (κ2) is 11.4. The Balaban J connectivity index is 1.11. The maximum absolute atomic E-state index is 14.4. The summed E-state index contributed by atoms with van der Waals surface area (Å²) in [4.78, 5) is 54.6. The lowest BCUT2D eigenvalue weighted by Gasteiger charge is -2.59. The van der Waals surface area contributed by atoms with Crippen molar-refractivity contribution in [3.8, 4) is 0 Å². The molecule has 1 N–H and O–H groups in total. The molecule has 0 radical (unpaired) electrons. The monoisotopic (exact) mass is 670 g/mol. The van der Waals surface area contributed by atoms with E-state index in [-0.39, 0.29) is 31.8 Å². The van der Waals surface area contributed by atoms with E-state index in [1.165, 1.54) is 6.42 Å². The molecule has 9 rings (SSSR count). The van der Waals surface area contributed by atoms with E-state index >= 15 is 0 Å². The number of esters is 4. The normalized spacial score (nSPS) is 43.3. The molecule has 8 aliphatic carbocycles. The molecule has 8 bridgehead atoms. The minimum Gasteiger partial charge on any atom is -0.462 e. The van der Waals surface area contributed by atoms with E-state index in [4.69, 9.17) is 18.9 Å². The van der Waals surface area contributed by atoms with E-state index in [1.54, 1.807) is 20.8 Å². The van der Waals surface area contributed by atoms with Crippen LogP contribution in [0.1, 0.15) is 138 Å². The fraction of sp³-hybridized carbons (Fsp3) is 0.897. The number of aliphatic hydroxyl groups is 1. The summed E-state index contributed by atoms with van der Waals surface area (Å²) in [5.41, 5.74) is -5.36. The fourth-order valence-electron chi connectivity index (χ4n) is 12.5. The topological polar surface area (TPSA) is 125 Å². The van der Waals surface area contributed by atoms with Gasteiger partial charge in [-0.3, -0.25) is 19.2 Å². The molecule has 268 valence electrons. The van der Waals surface area contributed by atoms with Crippen LogP contribution in [0.5, 0.6) is 0 Å². The van der Waals surface area contributed by atoms with Crippen molar-refractivity contribution in [1.29, 1.82) is 0 Å². The molecule has 0 amide bonds. The van der Waals surface area contributed by atoms with Gasteiger partial charge in [0.25, 0.3) is 0 Å². The molecule has 1 heterocycles.